The molecule has 0 saturated carbocycles. The standard InChI is InChI=1S/C35H30BrN7O2S2/c1-25-9-15-31(16-10-25)43-33(26-11-13-29(36)14-12-26)23-46-35(43)39-37-21-28-22-42(40-34(28)27-7-5-4-6-8-27)30-17-19-32(20-18-30)47(44,45)38-24-41(2)3/h4-24H,1-3H3/b37-21-,38-24+,39-35-. The normalized spacial score (nSPS) is 12.4. The SMILES string of the molecule is Cc1ccc(-n2c(-c3ccc(Br)cc3)cs/c2=N\N=C/c2cn(-c3ccc(S(=O)(=O)/N=C/N(C)C)cc3)nc2-c2ccccc2)cc1. The molecule has 0 amide bonds. The quantitative estimate of drug-likeness (QED) is 0.0886. The van der Waals surface area contributed by atoms with E-state index in [2.05, 4.69) is 83.8 Å². The summed E-state index contributed by atoms with van der Waals surface area (Å²) in [5.74, 6) is 0. The van der Waals surface area contributed by atoms with Gasteiger partial charge in [-0.3, -0.25) is 4.57 Å². The topological polar surface area (TPSA) is 97.2 Å². The minimum absolute atomic E-state index is 0.0933. The van der Waals surface area contributed by atoms with E-state index in [0.717, 1.165) is 32.5 Å². The number of rotatable bonds is 9. The summed E-state index contributed by atoms with van der Waals surface area (Å²) in [7, 11) is -0.401. The number of hydrogen-bond donors (Lipinski definition) is 0. The zero-order chi connectivity index (χ0) is 33.0. The summed E-state index contributed by atoms with van der Waals surface area (Å²) in [5, 5.41) is 16.1. The third-order valence-corrected chi connectivity index (χ3v) is 9.67. The lowest BCUT2D eigenvalue weighted by molar-refractivity contribution is 0.594. The largest absolute Gasteiger partial charge is 0.368 e. The number of thiazole rings is 1. The number of aryl methyl sites for hydroxylation is 1. The van der Waals surface area contributed by atoms with Gasteiger partial charge in [0, 0.05) is 47.0 Å². The molecule has 2 heterocycles. The Bertz CT molecular complexity index is 2230. The molecule has 0 atom stereocenters. The molecule has 47 heavy (non-hydrogen) atoms. The predicted molar refractivity (Wildman–Crippen MR) is 193 cm³/mol. The van der Waals surface area contributed by atoms with Crippen molar-refractivity contribution in [3.05, 3.63) is 135 Å². The maximum absolute atomic E-state index is 12.6. The molecule has 6 rings (SSSR count). The number of aromatic nitrogens is 3. The molecule has 0 aliphatic heterocycles. The highest BCUT2D eigenvalue weighted by Crippen LogP contribution is 2.26. The molecule has 6 aromatic rings. The fourth-order valence-electron chi connectivity index (χ4n) is 4.71. The van der Waals surface area contributed by atoms with E-state index in [1.54, 1.807) is 42.0 Å². The number of nitrogens with zero attached hydrogens (tertiary/aromatic N) is 7. The van der Waals surface area contributed by atoms with E-state index in [4.69, 9.17) is 5.10 Å². The summed E-state index contributed by atoms with van der Waals surface area (Å²) in [6.45, 7) is 2.06. The lowest BCUT2D eigenvalue weighted by atomic mass is 10.1. The summed E-state index contributed by atoms with van der Waals surface area (Å²) in [5.41, 5.74) is 7.29. The molecule has 12 heteroatoms. The molecule has 0 bridgehead atoms. The first kappa shape index (κ1) is 32.0. The van der Waals surface area contributed by atoms with Crippen molar-refractivity contribution < 1.29 is 8.42 Å². The van der Waals surface area contributed by atoms with Crippen molar-refractivity contribution in [2.24, 2.45) is 14.6 Å². The molecule has 2 aromatic heterocycles. The Balaban J connectivity index is 1.39. The highest BCUT2D eigenvalue weighted by Gasteiger charge is 2.15. The Morgan fingerprint density at radius 2 is 1.53 bits per heavy atom. The minimum atomic E-state index is -3.82. The summed E-state index contributed by atoms with van der Waals surface area (Å²) in [6.07, 6.45) is 4.81. The molecule has 236 valence electrons. The molecular formula is C35H30BrN7O2S2. The summed E-state index contributed by atoms with van der Waals surface area (Å²) < 4.78 is 33.8. The van der Waals surface area contributed by atoms with Crippen molar-refractivity contribution >= 4 is 49.8 Å². The second kappa shape index (κ2) is 13.8. The maximum Gasteiger partial charge on any atom is 0.283 e. The Labute approximate surface area is 285 Å². The molecule has 4 aromatic carbocycles. The average Bonchev–Trinajstić information content (AvgIpc) is 3.70. The fourth-order valence-corrected chi connectivity index (χ4v) is 6.75. The zero-order valence-corrected chi connectivity index (χ0v) is 29.0. The van der Waals surface area contributed by atoms with E-state index >= 15 is 0 Å². The van der Waals surface area contributed by atoms with Crippen LogP contribution in [0.2, 0.25) is 0 Å². The van der Waals surface area contributed by atoms with Crippen molar-refractivity contribution in [3.8, 4) is 33.9 Å². The van der Waals surface area contributed by atoms with E-state index < -0.39 is 10.0 Å². The number of sulfonamides is 1. The lowest BCUT2D eigenvalue weighted by Gasteiger charge is -2.09. The van der Waals surface area contributed by atoms with E-state index in [1.807, 2.05) is 48.7 Å². The monoisotopic (exact) mass is 723 g/mol. The first-order chi connectivity index (χ1) is 22.7. The van der Waals surface area contributed by atoms with Crippen molar-refractivity contribution in [3.63, 3.8) is 0 Å². The van der Waals surface area contributed by atoms with Crippen LogP contribution in [0.3, 0.4) is 0 Å². The second-order valence-corrected chi connectivity index (χ2v) is 14.2. The van der Waals surface area contributed by atoms with Crippen LogP contribution in [-0.2, 0) is 10.0 Å². The molecule has 9 nitrogen and oxygen atoms in total. The number of hydrogen-bond acceptors (Lipinski definition) is 6. The van der Waals surface area contributed by atoms with Gasteiger partial charge in [-0.15, -0.1) is 20.8 Å². The van der Waals surface area contributed by atoms with E-state index in [0.29, 0.717) is 16.2 Å². The van der Waals surface area contributed by atoms with Gasteiger partial charge in [0.1, 0.15) is 12.0 Å². The van der Waals surface area contributed by atoms with Gasteiger partial charge in [-0.25, -0.2) is 4.68 Å². The molecule has 0 N–H and O–H groups in total. The van der Waals surface area contributed by atoms with Gasteiger partial charge in [-0.2, -0.15) is 18.6 Å². The van der Waals surface area contributed by atoms with Crippen LogP contribution in [0.4, 0.5) is 0 Å². The van der Waals surface area contributed by atoms with Gasteiger partial charge < -0.3 is 4.90 Å². The second-order valence-electron chi connectivity index (χ2n) is 10.8. The van der Waals surface area contributed by atoms with Gasteiger partial charge in [0.25, 0.3) is 10.0 Å². The van der Waals surface area contributed by atoms with Crippen LogP contribution in [-0.4, -0.2) is 54.3 Å². The minimum Gasteiger partial charge on any atom is -0.368 e. The fraction of sp³-hybridized carbons (Fsp3) is 0.0857. The van der Waals surface area contributed by atoms with Crippen LogP contribution in [0.1, 0.15) is 11.1 Å². The molecule has 0 saturated heterocycles. The molecule has 0 aliphatic carbocycles. The average molecular weight is 725 g/mol. The van der Waals surface area contributed by atoms with Crippen molar-refractivity contribution in [1.82, 2.24) is 19.2 Å². The third kappa shape index (κ3) is 7.40. The van der Waals surface area contributed by atoms with Crippen molar-refractivity contribution in [2.75, 3.05) is 14.1 Å². The summed E-state index contributed by atoms with van der Waals surface area (Å²) in [4.78, 5) is 2.37. The van der Waals surface area contributed by atoms with Gasteiger partial charge in [0.15, 0.2) is 0 Å². The van der Waals surface area contributed by atoms with E-state index in [9.17, 15) is 8.42 Å². The molecular weight excluding hydrogens is 694 g/mol. The smallest absolute Gasteiger partial charge is 0.283 e. The van der Waals surface area contributed by atoms with Crippen LogP contribution < -0.4 is 4.80 Å². The molecule has 0 spiro atoms. The molecule has 0 aliphatic rings. The predicted octanol–water partition coefficient (Wildman–Crippen LogP) is 7.34. The lowest BCUT2D eigenvalue weighted by Crippen LogP contribution is -2.13. The van der Waals surface area contributed by atoms with Crippen LogP contribution in [0.5, 0.6) is 0 Å². The van der Waals surface area contributed by atoms with Gasteiger partial charge in [-0.05, 0) is 61.0 Å². The molecule has 0 unspecified atom stereocenters. The van der Waals surface area contributed by atoms with Crippen molar-refractivity contribution in [1.29, 1.82) is 0 Å². The first-order valence-electron chi connectivity index (χ1n) is 14.5. The Hall–Kier alpha value is -4.91. The van der Waals surface area contributed by atoms with E-state index in [1.165, 1.54) is 35.4 Å². The zero-order valence-electron chi connectivity index (χ0n) is 25.8. The Morgan fingerprint density at radius 1 is 0.851 bits per heavy atom. The highest BCUT2D eigenvalue weighted by molar-refractivity contribution is 9.10. The van der Waals surface area contributed by atoms with Gasteiger partial charge >= 0.3 is 0 Å². The van der Waals surface area contributed by atoms with Gasteiger partial charge in [0.2, 0.25) is 4.80 Å². The molecule has 0 radical (unpaired) electrons. The van der Waals surface area contributed by atoms with Gasteiger partial charge in [-0.1, -0.05) is 76.1 Å². The van der Waals surface area contributed by atoms with Crippen LogP contribution in [0.15, 0.2) is 139 Å². The van der Waals surface area contributed by atoms with Crippen LogP contribution >= 0.6 is 27.3 Å². The highest BCUT2D eigenvalue weighted by atomic mass is 79.9. The van der Waals surface area contributed by atoms with Crippen LogP contribution in [0.25, 0.3) is 33.9 Å². The van der Waals surface area contributed by atoms with Crippen molar-refractivity contribution in [2.45, 2.75) is 11.8 Å². The maximum atomic E-state index is 12.6. The van der Waals surface area contributed by atoms with Gasteiger partial charge in [0.05, 0.1) is 22.5 Å². The first-order valence-corrected chi connectivity index (χ1v) is 17.6. The van der Waals surface area contributed by atoms with E-state index in [-0.39, 0.29) is 4.90 Å². The Morgan fingerprint density at radius 3 is 2.21 bits per heavy atom. The van der Waals surface area contributed by atoms with Crippen LogP contribution in [0, 0.1) is 6.92 Å². The third-order valence-electron chi connectivity index (χ3n) is 7.09. The Kier molecular flexibility index (Phi) is 9.43. The summed E-state index contributed by atoms with van der Waals surface area (Å²) >= 11 is 5.04. The summed E-state index contributed by atoms with van der Waals surface area (Å²) in [6, 6.07) is 32.8. The molecule has 0 fully saturated rings. The number of halogens is 1. The number of benzene rings is 4.